The van der Waals surface area contributed by atoms with E-state index in [9.17, 15) is 4.79 Å². The van der Waals surface area contributed by atoms with Crippen LogP contribution in [0.3, 0.4) is 0 Å². The first-order chi connectivity index (χ1) is 13.4. The Morgan fingerprint density at radius 3 is 2.86 bits per heavy atom. The van der Waals surface area contributed by atoms with Crippen molar-refractivity contribution in [3.8, 4) is 6.07 Å². The van der Waals surface area contributed by atoms with Gasteiger partial charge in [0.1, 0.15) is 11.8 Å². The number of allylic oxidation sites excluding steroid dienone is 1. The number of ether oxygens (including phenoxy) is 1. The Labute approximate surface area is 163 Å². The lowest BCUT2D eigenvalue weighted by Crippen LogP contribution is -2.17. The van der Waals surface area contributed by atoms with Crippen LogP contribution in [-0.4, -0.2) is 29.8 Å². The van der Waals surface area contributed by atoms with Gasteiger partial charge in [-0.15, -0.1) is 0 Å². The minimum Gasteiger partial charge on any atom is -0.398 e. The Kier molecular flexibility index (Phi) is 5.52. The van der Waals surface area contributed by atoms with Gasteiger partial charge < -0.3 is 21.2 Å². The Bertz CT molecular complexity index is 1030. The van der Waals surface area contributed by atoms with Crippen LogP contribution < -0.4 is 11.1 Å². The maximum absolute atomic E-state index is 12.7. The van der Waals surface area contributed by atoms with E-state index >= 15 is 0 Å². The zero-order valence-electron chi connectivity index (χ0n) is 15.8. The molecule has 1 amide bonds. The zero-order valence-corrected chi connectivity index (χ0v) is 15.8. The fourth-order valence-electron chi connectivity index (χ4n) is 2.98. The van der Waals surface area contributed by atoms with Crippen LogP contribution in [0.1, 0.15) is 39.2 Å². The van der Waals surface area contributed by atoms with Crippen LogP contribution in [0, 0.1) is 30.6 Å². The average Bonchev–Trinajstić information content (AvgIpc) is 3.18. The highest BCUT2D eigenvalue weighted by Crippen LogP contribution is 2.22. The molecule has 0 unspecified atom stereocenters. The average molecular weight is 375 g/mol. The molecule has 7 nitrogen and oxygen atoms in total. The molecule has 0 atom stereocenters. The molecule has 1 aliphatic rings. The predicted octanol–water partition coefficient (Wildman–Crippen LogP) is 3.12. The van der Waals surface area contributed by atoms with Crippen molar-refractivity contribution in [3.05, 3.63) is 64.0 Å². The SMILES string of the molecule is Cc1c(C#N)cnc(C(=O)Nc2ccc(N)c(C(=N)/C=C3/CCOC3)c2)c1C. The summed E-state index contributed by atoms with van der Waals surface area (Å²) in [5, 5.41) is 20.2. The highest BCUT2D eigenvalue weighted by molar-refractivity contribution is 6.12. The summed E-state index contributed by atoms with van der Waals surface area (Å²) in [6.45, 7) is 4.75. The Morgan fingerprint density at radius 2 is 2.18 bits per heavy atom. The number of nitriles is 1. The Balaban J connectivity index is 1.84. The van der Waals surface area contributed by atoms with Crippen molar-refractivity contribution in [3.63, 3.8) is 0 Å². The molecule has 3 rings (SSSR count). The van der Waals surface area contributed by atoms with Gasteiger partial charge in [0.05, 0.1) is 24.5 Å². The number of rotatable bonds is 4. The summed E-state index contributed by atoms with van der Waals surface area (Å²) < 4.78 is 5.31. The number of hydrogen-bond donors (Lipinski definition) is 3. The minimum atomic E-state index is -0.380. The standard InChI is InChI=1S/C21H21N5O2/c1-12-13(2)20(25-10-15(12)9-22)21(27)26-16-3-4-18(23)17(8-16)19(24)7-14-5-6-28-11-14/h3-4,7-8,10,24H,5-6,11,23H2,1-2H3,(H,26,27)/b14-7-,24-19?. The van der Waals surface area contributed by atoms with Gasteiger partial charge in [-0.05, 0) is 61.2 Å². The first kappa shape index (κ1) is 19.3. The van der Waals surface area contributed by atoms with E-state index in [4.69, 9.17) is 21.1 Å². The van der Waals surface area contributed by atoms with Crippen molar-refractivity contribution in [1.29, 1.82) is 10.7 Å². The number of nitrogens with zero attached hydrogens (tertiary/aromatic N) is 2. The van der Waals surface area contributed by atoms with Gasteiger partial charge in [0.25, 0.3) is 5.91 Å². The molecular weight excluding hydrogens is 354 g/mol. The molecule has 1 aromatic carbocycles. The van der Waals surface area contributed by atoms with Gasteiger partial charge in [-0.3, -0.25) is 4.79 Å². The number of aromatic nitrogens is 1. The smallest absolute Gasteiger partial charge is 0.274 e. The minimum absolute atomic E-state index is 0.259. The Hall–Kier alpha value is -3.50. The number of anilines is 2. The number of hydrogen-bond acceptors (Lipinski definition) is 6. The van der Waals surface area contributed by atoms with Crippen molar-refractivity contribution < 1.29 is 9.53 Å². The number of nitrogens with one attached hydrogen (secondary N) is 2. The summed E-state index contributed by atoms with van der Waals surface area (Å²) in [5.41, 5.74) is 11.0. The van der Waals surface area contributed by atoms with E-state index in [2.05, 4.69) is 16.4 Å². The second-order valence-electron chi connectivity index (χ2n) is 6.66. The van der Waals surface area contributed by atoms with Gasteiger partial charge >= 0.3 is 0 Å². The molecule has 1 saturated heterocycles. The van der Waals surface area contributed by atoms with E-state index in [-0.39, 0.29) is 17.3 Å². The molecule has 2 aromatic rings. The highest BCUT2D eigenvalue weighted by atomic mass is 16.5. The summed E-state index contributed by atoms with van der Waals surface area (Å²) >= 11 is 0. The molecule has 0 aliphatic carbocycles. The summed E-state index contributed by atoms with van der Waals surface area (Å²) in [4.78, 5) is 16.8. The van der Waals surface area contributed by atoms with Crippen LogP contribution in [0.15, 0.2) is 36.0 Å². The van der Waals surface area contributed by atoms with Gasteiger partial charge in [-0.1, -0.05) is 0 Å². The molecular formula is C21H21N5O2. The van der Waals surface area contributed by atoms with E-state index < -0.39 is 0 Å². The number of benzene rings is 1. The second-order valence-corrected chi connectivity index (χ2v) is 6.66. The molecule has 0 spiro atoms. The fourth-order valence-corrected chi connectivity index (χ4v) is 2.98. The Morgan fingerprint density at radius 1 is 1.39 bits per heavy atom. The number of amides is 1. The van der Waals surface area contributed by atoms with Crippen LogP contribution in [0.5, 0.6) is 0 Å². The maximum Gasteiger partial charge on any atom is 0.274 e. The van der Waals surface area contributed by atoms with Gasteiger partial charge in [0, 0.05) is 23.1 Å². The maximum atomic E-state index is 12.7. The highest BCUT2D eigenvalue weighted by Gasteiger charge is 2.16. The molecule has 7 heteroatoms. The van der Waals surface area contributed by atoms with Gasteiger partial charge in [-0.2, -0.15) is 5.26 Å². The predicted molar refractivity (Wildman–Crippen MR) is 108 cm³/mol. The van der Waals surface area contributed by atoms with Crippen LogP contribution in [0.2, 0.25) is 0 Å². The number of pyridine rings is 1. The van der Waals surface area contributed by atoms with Crippen molar-refractivity contribution >= 4 is 23.0 Å². The van der Waals surface area contributed by atoms with E-state index in [0.717, 1.165) is 17.6 Å². The third-order valence-corrected chi connectivity index (χ3v) is 4.78. The van der Waals surface area contributed by atoms with Crippen molar-refractivity contribution in [2.45, 2.75) is 20.3 Å². The number of nitrogen functional groups attached to an aromatic ring is 1. The topological polar surface area (TPSA) is 125 Å². The van der Waals surface area contributed by atoms with E-state index in [1.54, 1.807) is 38.1 Å². The summed E-state index contributed by atoms with van der Waals surface area (Å²) in [6.07, 6.45) is 3.97. The fraction of sp³-hybridized carbons (Fsp3) is 0.238. The molecule has 0 bridgehead atoms. The van der Waals surface area contributed by atoms with Gasteiger partial charge in [0.15, 0.2) is 0 Å². The molecule has 142 valence electrons. The van der Waals surface area contributed by atoms with E-state index in [1.165, 1.54) is 6.20 Å². The molecule has 0 saturated carbocycles. The quantitative estimate of drug-likeness (QED) is 0.559. The summed E-state index contributed by atoms with van der Waals surface area (Å²) in [7, 11) is 0. The normalized spacial score (nSPS) is 14.7. The molecule has 0 radical (unpaired) electrons. The van der Waals surface area contributed by atoms with Crippen molar-refractivity contribution in [2.24, 2.45) is 0 Å². The second kappa shape index (κ2) is 8.03. The van der Waals surface area contributed by atoms with Crippen molar-refractivity contribution in [1.82, 2.24) is 4.98 Å². The third kappa shape index (κ3) is 3.92. The molecule has 2 heterocycles. The largest absolute Gasteiger partial charge is 0.398 e. The molecule has 28 heavy (non-hydrogen) atoms. The van der Waals surface area contributed by atoms with Gasteiger partial charge in [0.2, 0.25) is 0 Å². The number of nitrogens with two attached hydrogens (primary N) is 1. The molecule has 1 aliphatic heterocycles. The molecule has 1 aromatic heterocycles. The summed E-state index contributed by atoms with van der Waals surface area (Å²) in [6, 6.07) is 7.08. The van der Waals surface area contributed by atoms with Crippen LogP contribution >= 0.6 is 0 Å². The van der Waals surface area contributed by atoms with Gasteiger partial charge in [-0.25, -0.2) is 4.98 Å². The monoisotopic (exact) mass is 375 g/mol. The van der Waals surface area contributed by atoms with Crippen LogP contribution in [0.25, 0.3) is 0 Å². The lowest BCUT2D eigenvalue weighted by molar-refractivity contribution is 0.102. The molecule has 1 fully saturated rings. The summed E-state index contributed by atoms with van der Waals surface area (Å²) in [5.74, 6) is -0.380. The number of carbonyl (C=O) groups is 1. The zero-order chi connectivity index (χ0) is 20.3. The van der Waals surface area contributed by atoms with Crippen molar-refractivity contribution in [2.75, 3.05) is 24.3 Å². The van der Waals surface area contributed by atoms with Crippen LogP contribution in [-0.2, 0) is 4.74 Å². The van der Waals surface area contributed by atoms with Crippen LogP contribution in [0.4, 0.5) is 11.4 Å². The molecule has 4 N–H and O–H groups in total. The lowest BCUT2D eigenvalue weighted by Gasteiger charge is -2.12. The van der Waals surface area contributed by atoms with E-state index in [0.29, 0.717) is 41.3 Å². The lowest BCUT2D eigenvalue weighted by atomic mass is 10.0. The number of carbonyl (C=O) groups excluding carboxylic acids is 1. The first-order valence-corrected chi connectivity index (χ1v) is 8.84. The van der Waals surface area contributed by atoms with E-state index in [1.807, 2.05) is 0 Å². The third-order valence-electron chi connectivity index (χ3n) is 4.78. The first-order valence-electron chi connectivity index (χ1n) is 8.84.